The molecule has 1 atom stereocenters. The molecule has 0 saturated carbocycles. The van der Waals surface area contributed by atoms with Crippen molar-refractivity contribution in [1.29, 1.82) is 0 Å². The van der Waals surface area contributed by atoms with Gasteiger partial charge in [0.05, 0.1) is 20.3 Å². The Kier molecular flexibility index (Phi) is 7.50. The van der Waals surface area contributed by atoms with Crippen LogP contribution in [0.4, 0.5) is 0 Å². The van der Waals surface area contributed by atoms with Crippen molar-refractivity contribution in [1.82, 2.24) is 15.1 Å². The van der Waals surface area contributed by atoms with Crippen LogP contribution in [0.2, 0.25) is 0 Å². The zero-order valence-corrected chi connectivity index (χ0v) is 24.5. The summed E-state index contributed by atoms with van der Waals surface area (Å²) < 4.78 is 17.1. The number of phenolic OH excluding ortho intramolecular Hbond substituents is 1. The van der Waals surface area contributed by atoms with Gasteiger partial charge in [0, 0.05) is 17.7 Å². The maximum atomic E-state index is 14.0. The summed E-state index contributed by atoms with van der Waals surface area (Å²) in [5, 5.41) is 18.6. The van der Waals surface area contributed by atoms with Crippen LogP contribution in [0.15, 0.2) is 84.9 Å². The number of ether oxygens (including phenoxy) is 3. The molecule has 1 unspecified atom stereocenters. The minimum Gasteiger partial charge on any atom is -0.507 e. The second-order valence-electron chi connectivity index (χ2n) is 10.7. The number of benzene rings is 4. The van der Waals surface area contributed by atoms with Gasteiger partial charge in [-0.15, -0.1) is 0 Å². The normalized spacial score (nSPS) is 14.1. The lowest BCUT2D eigenvalue weighted by molar-refractivity contribution is 0.0745. The molecule has 1 aliphatic heterocycles. The summed E-state index contributed by atoms with van der Waals surface area (Å²) in [6, 6.07) is 26.5. The molecule has 5 aromatic rings. The highest BCUT2D eigenvalue weighted by atomic mass is 16.5. The molecule has 4 aromatic carbocycles. The third-order valence-corrected chi connectivity index (χ3v) is 7.81. The van der Waals surface area contributed by atoms with E-state index in [0.717, 1.165) is 33.6 Å². The van der Waals surface area contributed by atoms with Crippen LogP contribution in [0.1, 0.15) is 44.3 Å². The lowest BCUT2D eigenvalue weighted by atomic mass is 9.94. The van der Waals surface area contributed by atoms with Crippen LogP contribution in [-0.2, 0) is 6.42 Å². The van der Waals surface area contributed by atoms with E-state index in [-0.39, 0.29) is 11.7 Å². The number of nitrogens with zero attached hydrogens (tertiary/aromatic N) is 2. The van der Waals surface area contributed by atoms with Gasteiger partial charge in [-0.25, -0.2) is 0 Å². The molecule has 1 amide bonds. The number of carbonyl (C=O) groups is 1. The second-order valence-corrected chi connectivity index (χ2v) is 10.7. The van der Waals surface area contributed by atoms with E-state index in [1.165, 1.54) is 0 Å². The summed E-state index contributed by atoms with van der Waals surface area (Å²) in [4.78, 5) is 15.8. The van der Waals surface area contributed by atoms with Crippen LogP contribution in [0.3, 0.4) is 0 Å². The number of para-hydroxylation sites is 1. The van der Waals surface area contributed by atoms with Crippen LogP contribution in [0.25, 0.3) is 11.3 Å². The molecule has 6 rings (SSSR count). The van der Waals surface area contributed by atoms with Gasteiger partial charge in [-0.1, -0.05) is 42.5 Å². The monoisotopic (exact) mass is 575 g/mol. The van der Waals surface area contributed by atoms with Gasteiger partial charge in [-0.3, -0.25) is 9.89 Å². The smallest absolute Gasteiger partial charge is 0.273 e. The molecule has 218 valence electrons. The number of hydrogen-bond acceptors (Lipinski definition) is 6. The number of amides is 1. The van der Waals surface area contributed by atoms with E-state index in [9.17, 15) is 9.90 Å². The first-order valence-corrected chi connectivity index (χ1v) is 14.1. The highest BCUT2D eigenvalue weighted by Crippen LogP contribution is 2.46. The number of aryl methyl sites for hydroxylation is 2. The fourth-order valence-electron chi connectivity index (χ4n) is 5.78. The first-order chi connectivity index (χ1) is 20.9. The number of fused-ring (bicyclic) bond motifs is 1. The number of H-pyrrole nitrogens is 1. The van der Waals surface area contributed by atoms with E-state index in [4.69, 9.17) is 14.2 Å². The van der Waals surface area contributed by atoms with Crippen LogP contribution in [-0.4, -0.2) is 46.9 Å². The van der Waals surface area contributed by atoms with Gasteiger partial charge in [0.2, 0.25) is 0 Å². The third-order valence-electron chi connectivity index (χ3n) is 7.81. The van der Waals surface area contributed by atoms with Crippen molar-refractivity contribution in [2.45, 2.75) is 26.3 Å². The molecule has 0 radical (unpaired) electrons. The average molecular weight is 576 g/mol. The van der Waals surface area contributed by atoms with Crippen molar-refractivity contribution in [3.8, 4) is 40.0 Å². The maximum Gasteiger partial charge on any atom is 0.273 e. The Hall–Kier alpha value is -5.24. The van der Waals surface area contributed by atoms with Crippen molar-refractivity contribution >= 4 is 5.91 Å². The minimum atomic E-state index is -0.462. The average Bonchev–Trinajstić information content (AvgIpc) is 3.56. The Bertz CT molecular complexity index is 1800. The number of hydrogen-bond donors (Lipinski definition) is 2. The molecule has 2 heterocycles. The summed E-state index contributed by atoms with van der Waals surface area (Å²) >= 11 is 0. The Morgan fingerprint density at radius 2 is 1.65 bits per heavy atom. The van der Waals surface area contributed by atoms with Gasteiger partial charge >= 0.3 is 0 Å². The Morgan fingerprint density at radius 3 is 2.42 bits per heavy atom. The molecule has 2 N–H and O–H groups in total. The highest BCUT2D eigenvalue weighted by molar-refractivity contribution is 6.00. The van der Waals surface area contributed by atoms with E-state index in [1.807, 2.05) is 104 Å². The molecule has 0 saturated heterocycles. The van der Waals surface area contributed by atoms with Gasteiger partial charge in [0.1, 0.15) is 28.6 Å². The molecule has 8 nitrogen and oxygen atoms in total. The van der Waals surface area contributed by atoms with Crippen LogP contribution in [0, 0.1) is 13.8 Å². The maximum absolute atomic E-state index is 14.0. The molecule has 1 aliphatic rings. The van der Waals surface area contributed by atoms with Crippen LogP contribution < -0.4 is 14.2 Å². The Labute approximate surface area is 250 Å². The van der Waals surface area contributed by atoms with Crippen molar-refractivity contribution in [3.05, 3.63) is 118 Å². The summed E-state index contributed by atoms with van der Waals surface area (Å²) in [6.45, 7) is 4.27. The number of carbonyl (C=O) groups excluding carboxylic acids is 1. The van der Waals surface area contributed by atoms with Crippen LogP contribution >= 0.6 is 0 Å². The quantitative estimate of drug-likeness (QED) is 0.197. The number of aromatic amines is 1. The first kappa shape index (κ1) is 27.9. The lowest BCUT2D eigenvalue weighted by Gasteiger charge is -2.27. The van der Waals surface area contributed by atoms with Crippen molar-refractivity contribution in [2.75, 3.05) is 20.8 Å². The molecule has 0 aliphatic carbocycles. The zero-order chi connectivity index (χ0) is 30.1. The lowest BCUT2D eigenvalue weighted by Crippen LogP contribution is -2.31. The number of phenols is 1. The second kappa shape index (κ2) is 11.6. The molecule has 43 heavy (non-hydrogen) atoms. The van der Waals surface area contributed by atoms with E-state index in [1.54, 1.807) is 14.2 Å². The van der Waals surface area contributed by atoms with Crippen LogP contribution in [0.5, 0.6) is 28.7 Å². The largest absolute Gasteiger partial charge is 0.507 e. The third kappa shape index (κ3) is 5.28. The first-order valence-electron chi connectivity index (χ1n) is 14.1. The van der Waals surface area contributed by atoms with Crippen molar-refractivity contribution in [2.24, 2.45) is 0 Å². The molecule has 8 heteroatoms. The number of aromatic hydroxyl groups is 1. The fraction of sp³-hybridized carbons (Fsp3) is 0.200. The van der Waals surface area contributed by atoms with Gasteiger partial charge < -0.3 is 24.2 Å². The summed E-state index contributed by atoms with van der Waals surface area (Å²) in [6.07, 6.45) is 0.588. The summed E-state index contributed by atoms with van der Waals surface area (Å²) in [7, 11) is 3.21. The number of aromatic nitrogens is 2. The molecular formula is C35H33N3O5. The topological polar surface area (TPSA) is 96.9 Å². The van der Waals surface area contributed by atoms with Gasteiger partial charge in [-0.2, -0.15) is 5.10 Å². The Balaban J connectivity index is 1.42. The highest BCUT2D eigenvalue weighted by Gasteiger charge is 2.42. The molecule has 0 fully saturated rings. The molecule has 0 spiro atoms. The summed E-state index contributed by atoms with van der Waals surface area (Å²) in [5.74, 6) is 2.65. The Morgan fingerprint density at radius 1 is 0.884 bits per heavy atom. The zero-order valence-electron chi connectivity index (χ0n) is 24.5. The minimum absolute atomic E-state index is 0.149. The molecular weight excluding hydrogens is 542 g/mol. The van der Waals surface area contributed by atoms with Gasteiger partial charge in [0.15, 0.2) is 11.5 Å². The number of nitrogens with one attached hydrogen (secondary N) is 1. The summed E-state index contributed by atoms with van der Waals surface area (Å²) in [5.41, 5.74) is 5.91. The van der Waals surface area contributed by atoms with E-state index >= 15 is 0 Å². The van der Waals surface area contributed by atoms with Crippen molar-refractivity contribution < 1.29 is 24.1 Å². The predicted molar refractivity (Wildman–Crippen MR) is 164 cm³/mol. The van der Waals surface area contributed by atoms with Gasteiger partial charge in [-0.05, 0) is 85.0 Å². The molecule has 1 aromatic heterocycles. The number of methoxy groups -OCH3 is 2. The molecule has 0 bridgehead atoms. The van der Waals surface area contributed by atoms with Gasteiger partial charge in [0.25, 0.3) is 5.91 Å². The van der Waals surface area contributed by atoms with E-state index in [2.05, 4.69) is 10.2 Å². The number of rotatable bonds is 9. The predicted octanol–water partition coefficient (Wildman–Crippen LogP) is 7.00. The standard InChI is InChI=1S/C35H33N3O5/c1-21-17-22(2)34(39)27(18-21)31-30-32(37-36-31)35(40)38(16-15-23-13-14-28(41-3)29(19-23)42-4)33(30)24-9-8-12-26(20-24)43-25-10-6-5-7-11-25/h5-14,17-20,33,39H,15-16H2,1-4H3,(H,36,37). The van der Waals surface area contributed by atoms with E-state index < -0.39 is 6.04 Å². The fourth-order valence-corrected chi connectivity index (χ4v) is 5.78. The van der Waals surface area contributed by atoms with E-state index in [0.29, 0.717) is 47.2 Å². The van der Waals surface area contributed by atoms with Crippen molar-refractivity contribution in [3.63, 3.8) is 0 Å². The SMILES string of the molecule is COc1ccc(CCN2C(=O)c3[nH]nc(-c4cc(C)cc(C)c4O)c3C2c2cccc(Oc3ccccc3)c2)cc1OC.